The fraction of sp³-hybridized carbons (Fsp3) is 0.538. The summed E-state index contributed by atoms with van der Waals surface area (Å²) in [5.41, 5.74) is -0.174. The van der Waals surface area contributed by atoms with Gasteiger partial charge in [-0.15, -0.1) is 0 Å². The Hall–Kier alpha value is -1.03. The molecule has 0 aliphatic carbocycles. The van der Waals surface area contributed by atoms with E-state index in [1.165, 1.54) is 0 Å². The molecule has 0 saturated heterocycles. The minimum atomic E-state index is -1.52. The third kappa shape index (κ3) is 3.46. The number of hydrogen-bond acceptors (Lipinski definition) is 1. The molecule has 0 aliphatic rings. The Bertz CT molecular complexity index is 379. The summed E-state index contributed by atoms with van der Waals surface area (Å²) in [5.74, 6) is -3.84. The first-order chi connectivity index (χ1) is 7.97. The second-order valence-corrected chi connectivity index (χ2v) is 4.41. The zero-order chi connectivity index (χ0) is 13.0. The van der Waals surface area contributed by atoms with Crippen LogP contribution in [0.2, 0.25) is 0 Å². The predicted molar refractivity (Wildman–Crippen MR) is 60.0 cm³/mol. The molecular weight excluding hydrogens is 229 g/mol. The fourth-order valence-corrected chi connectivity index (χ4v) is 1.92. The zero-order valence-corrected chi connectivity index (χ0v) is 10.0. The first-order valence-electron chi connectivity index (χ1n) is 5.78. The molecule has 1 aromatic rings. The topological polar surface area (TPSA) is 20.2 Å². The van der Waals surface area contributed by atoms with E-state index >= 15 is 0 Å². The van der Waals surface area contributed by atoms with E-state index in [2.05, 4.69) is 0 Å². The van der Waals surface area contributed by atoms with E-state index < -0.39 is 23.6 Å². The van der Waals surface area contributed by atoms with Gasteiger partial charge < -0.3 is 5.11 Å². The second-order valence-electron chi connectivity index (χ2n) is 4.41. The molecule has 1 aromatic carbocycles. The highest BCUT2D eigenvalue weighted by Gasteiger charge is 2.20. The van der Waals surface area contributed by atoms with Gasteiger partial charge in [0.25, 0.3) is 0 Å². The third-order valence-corrected chi connectivity index (χ3v) is 2.83. The fourth-order valence-electron chi connectivity index (χ4n) is 1.92. The molecule has 1 rings (SSSR count). The lowest BCUT2D eigenvalue weighted by Gasteiger charge is -2.17. The van der Waals surface area contributed by atoms with Gasteiger partial charge in [-0.1, -0.05) is 32.8 Å². The van der Waals surface area contributed by atoms with Crippen LogP contribution in [0.1, 0.15) is 44.8 Å². The maximum absolute atomic E-state index is 13.4. The molecule has 2 atom stereocenters. The van der Waals surface area contributed by atoms with Crippen molar-refractivity contribution < 1.29 is 18.3 Å². The third-order valence-electron chi connectivity index (χ3n) is 2.83. The smallest absolute Gasteiger partial charge is 0.194 e. The summed E-state index contributed by atoms with van der Waals surface area (Å²) < 4.78 is 39.1. The van der Waals surface area contributed by atoms with Crippen LogP contribution in [0.25, 0.3) is 0 Å². The monoisotopic (exact) mass is 246 g/mol. The summed E-state index contributed by atoms with van der Waals surface area (Å²) in [6.07, 6.45) is 1.12. The highest BCUT2D eigenvalue weighted by molar-refractivity contribution is 5.22. The predicted octanol–water partition coefficient (Wildman–Crippen LogP) is 3.96. The van der Waals surface area contributed by atoms with Gasteiger partial charge in [-0.25, -0.2) is 13.2 Å². The molecule has 1 nitrogen and oxygen atoms in total. The Kier molecular flexibility index (Phi) is 5.00. The van der Waals surface area contributed by atoms with Crippen molar-refractivity contribution in [3.8, 4) is 0 Å². The minimum absolute atomic E-state index is 0.174. The van der Waals surface area contributed by atoms with Gasteiger partial charge in [-0.3, -0.25) is 0 Å². The maximum atomic E-state index is 13.4. The van der Waals surface area contributed by atoms with Crippen molar-refractivity contribution in [2.75, 3.05) is 0 Å². The molecule has 0 radical (unpaired) electrons. The van der Waals surface area contributed by atoms with E-state index in [1.807, 2.05) is 13.8 Å². The SMILES string of the molecule is CCCC(C)CC(O)c1ccc(F)c(F)c1F. The molecule has 0 aliphatic heterocycles. The van der Waals surface area contributed by atoms with Crippen molar-refractivity contribution >= 4 is 0 Å². The van der Waals surface area contributed by atoms with Gasteiger partial charge in [0.15, 0.2) is 17.5 Å². The average molecular weight is 246 g/mol. The van der Waals surface area contributed by atoms with Crippen LogP contribution in [0.4, 0.5) is 13.2 Å². The second kappa shape index (κ2) is 6.05. The van der Waals surface area contributed by atoms with Crippen LogP contribution >= 0.6 is 0 Å². The van der Waals surface area contributed by atoms with Crippen LogP contribution in [0.5, 0.6) is 0 Å². The van der Waals surface area contributed by atoms with Crippen LogP contribution in [0.15, 0.2) is 12.1 Å². The van der Waals surface area contributed by atoms with E-state index in [0.29, 0.717) is 6.42 Å². The molecule has 0 fully saturated rings. The van der Waals surface area contributed by atoms with Crippen molar-refractivity contribution in [2.24, 2.45) is 5.92 Å². The molecule has 4 heteroatoms. The highest BCUT2D eigenvalue weighted by atomic mass is 19.2. The molecule has 17 heavy (non-hydrogen) atoms. The number of aliphatic hydroxyl groups is 1. The first-order valence-corrected chi connectivity index (χ1v) is 5.78. The number of halogens is 3. The Labute approximate surface area is 99.3 Å². The van der Waals surface area contributed by atoms with Crippen molar-refractivity contribution in [2.45, 2.75) is 39.2 Å². The van der Waals surface area contributed by atoms with Crippen molar-refractivity contribution in [3.05, 3.63) is 35.1 Å². The van der Waals surface area contributed by atoms with E-state index in [-0.39, 0.29) is 11.5 Å². The standard InChI is InChI=1S/C13H17F3O/c1-3-4-8(2)7-11(17)9-5-6-10(14)13(16)12(9)15/h5-6,8,11,17H,3-4,7H2,1-2H3. The van der Waals surface area contributed by atoms with Gasteiger partial charge in [0.05, 0.1) is 6.10 Å². The molecule has 0 amide bonds. The Morgan fingerprint density at radius 1 is 1.18 bits per heavy atom. The molecule has 0 heterocycles. The minimum Gasteiger partial charge on any atom is -0.388 e. The molecule has 96 valence electrons. The molecule has 0 aromatic heterocycles. The van der Waals surface area contributed by atoms with Crippen LogP contribution in [0.3, 0.4) is 0 Å². The molecule has 2 unspecified atom stereocenters. The zero-order valence-electron chi connectivity index (χ0n) is 10.0. The molecule has 0 bridgehead atoms. The summed E-state index contributed by atoms with van der Waals surface area (Å²) in [6.45, 7) is 3.95. The summed E-state index contributed by atoms with van der Waals surface area (Å²) in [5, 5.41) is 9.78. The Balaban J connectivity index is 2.82. The molecule has 0 saturated carbocycles. The van der Waals surface area contributed by atoms with Gasteiger partial charge >= 0.3 is 0 Å². The number of benzene rings is 1. The lowest BCUT2D eigenvalue weighted by Crippen LogP contribution is -2.08. The molecule has 0 spiro atoms. The van der Waals surface area contributed by atoms with E-state index in [9.17, 15) is 18.3 Å². The van der Waals surface area contributed by atoms with E-state index in [4.69, 9.17) is 0 Å². The average Bonchev–Trinajstić information content (AvgIpc) is 2.26. The normalized spacial score (nSPS) is 14.7. The summed E-state index contributed by atoms with van der Waals surface area (Å²) in [6, 6.07) is 1.93. The van der Waals surface area contributed by atoms with Gasteiger partial charge in [0.1, 0.15) is 0 Å². The highest BCUT2D eigenvalue weighted by Crippen LogP contribution is 2.27. The molecule has 1 N–H and O–H groups in total. The number of hydrogen-bond donors (Lipinski definition) is 1. The summed E-state index contributed by atoms with van der Waals surface area (Å²) >= 11 is 0. The summed E-state index contributed by atoms with van der Waals surface area (Å²) in [7, 11) is 0. The molecular formula is C13H17F3O. The van der Waals surface area contributed by atoms with Crippen molar-refractivity contribution in [3.63, 3.8) is 0 Å². The van der Waals surface area contributed by atoms with Crippen molar-refractivity contribution in [1.82, 2.24) is 0 Å². The van der Waals surface area contributed by atoms with Crippen LogP contribution in [0, 0.1) is 23.4 Å². The maximum Gasteiger partial charge on any atom is 0.194 e. The number of rotatable bonds is 5. The Morgan fingerprint density at radius 3 is 2.41 bits per heavy atom. The summed E-state index contributed by atoms with van der Waals surface area (Å²) in [4.78, 5) is 0. The van der Waals surface area contributed by atoms with Crippen LogP contribution in [-0.2, 0) is 0 Å². The van der Waals surface area contributed by atoms with E-state index in [1.54, 1.807) is 0 Å². The van der Waals surface area contributed by atoms with Crippen LogP contribution in [-0.4, -0.2) is 5.11 Å². The largest absolute Gasteiger partial charge is 0.388 e. The first kappa shape index (κ1) is 14.0. The quantitative estimate of drug-likeness (QED) is 0.779. The van der Waals surface area contributed by atoms with Crippen molar-refractivity contribution in [1.29, 1.82) is 0 Å². The van der Waals surface area contributed by atoms with Gasteiger partial charge in [0, 0.05) is 5.56 Å². The lowest BCUT2D eigenvalue weighted by molar-refractivity contribution is 0.139. The van der Waals surface area contributed by atoms with Crippen LogP contribution < -0.4 is 0 Å². The Morgan fingerprint density at radius 2 is 1.82 bits per heavy atom. The lowest BCUT2D eigenvalue weighted by atomic mass is 9.94. The number of aliphatic hydroxyl groups excluding tert-OH is 1. The van der Waals surface area contributed by atoms with Gasteiger partial charge in [0.2, 0.25) is 0 Å². The van der Waals surface area contributed by atoms with E-state index in [0.717, 1.165) is 25.0 Å². The van der Waals surface area contributed by atoms with Gasteiger partial charge in [-0.05, 0) is 18.4 Å². The van der Waals surface area contributed by atoms with Gasteiger partial charge in [-0.2, -0.15) is 0 Å².